The van der Waals surface area contributed by atoms with E-state index >= 15 is 0 Å². The number of likely N-dealkylation sites (tertiary alicyclic amines) is 1. The van der Waals surface area contributed by atoms with E-state index in [2.05, 4.69) is 34.7 Å². The molecule has 0 spiro atoms. The van der Waals surface area contributed by atoms with Crippen molar-refractivity contribution in [2.75, 3.05) is 26.7 Å². The molecule has 1 unspecified atom stereocenters. The van der Waals surface area contributed by atoms with Crippen LogP contribution in [0.15, 0.2) is 29.3 Å². The van der Waals surface area contributed by atoms with Gasteiger partial charge in [0.1, 0.15) is 5.75 Å². The predicted octanol–water partition coefficient (Wildman–Crippen LogP) is 2.54. The van der Waals surface area contributed by atoms with E-state index in [9.17, 15) is 4.79 Å². The number of nitrogens with zero attached hydrogens (tertiary/aromatic N) is 2. The first-order valence-electron chi connectivity index (χ1n) is 9.63. The van der Waals surface area contributed by atoms with Gasteiger partial charge in [0.05, 0.1) is 6.61 Å². The van der Waals surface area contributed by atoms with Gasteiger partial charge in [0, 0.05) is 39.1 Å². The quantitative estimate of drug-likeness (QED) is 0.425. The first-order chi connectivity index (χ1) is 12.7. The van der Waals surface area contributed by atoms with E-state index in [1.807, 2.05) is 24.0 Å². The number of nitrogens with one attached hydrogen (secondary N) is 2. The average Bonchev–Trinajstić information content (AvgIpc) is 3.13. The Morgan fingerprint density at radius 2 is 2.23 bits per heavy atom. The molecule has 0 bridgehead atoms. The molecule has 26 heavy (non-hydrogen) atoms. The minimum atomic E-state index is 0.220. The Bertz CT molecular complexity index is 603. The summed E-state index contributed by atoms with van der Waals surface area (Å²) >= 11 is 0. The van der Waals surface area contributed by atoms with Crippen molar-refractivity contribution in [1.82, 2.24) is 15.5 Å². The smallest absolute Gasteiger partial charge is 0.222 e. The molecule has 2 N–H and O–H groups in total. The monoisotopic (exact) mass is 360 g/mol. The Morgan fingerprint density at radius 3 is 2.96 bits per heavy atom. The van der Waals surface area contributed by atoms with Crippen molar-refractivity contribution >= 4 is 11.9 Å². The molecule has 2 rings (SSSR count). The van der Waals surface area contributed by atoms with Crippen LogP contribution in [0.25, 0.3) is 0 Å². The number of unbranched alkanes of at least 4 members (excludes halogenated alkanes) is 1. The van der Waals surface area contributed by atoms with Crippen molar-refractivity contribution in [1.29, 1.82) is 0 Å². The van der Waals surface area contributed by atoms with E-state index in [1.165, 1.54) is 0 Å². The molecule has 1 amide bonds. The average molecular weight is 361 g/mol. The number of benzene rings is 1. The van der Waals surface area contributed by atoms with Crippen LogP contribution in [-0.2, 0) is 11.3 Å². The maximum absolute atomic E-state index is 11.8. The molecule has 1 atom stereocenters. The molecular formula is C20H32N4O2. The zero-order chi connectivity index (χ0) is 18.8. The van der Waals surface area contributed by atoms with Crippen molar-refractivity contribution in [2.45, 2.75) is 52.1 Å². The van der Waals surface area contributed by atoms with E-state index in [0.717, 1.165) is 56.2 Å². The summed E-state index contributed by atoms with van der Waals surface area (Å²) in [6.45, 7) is 7.06. The Labute approximate surface area is 157 Å². The molecule has 1 saturated heterocycles. The highest BCUT2D eigenvalue weighted by atomic mass is 16.5. The van der Waals surface area contributed by atoms with E-state index in [4.69, 9.17) is 4.74 Å². The molecule has 1 fully saturated rings. The van der Waals surface area contributed by atoms with Crippen molar-refractivity contribution < 1.29 is 9.53 Å². The number of guanidine groups is 1. The van der Waals surface area contributed by atoms with Crippen LogP contribution < -0.4 is 15.4 Å². The summed E-state index contributed by atoms with van der Waals surface area (Å²) < 4.78 is 5.76. The third-order valence-electron chi connectivity index (χ3n) is 4.53. The lowest BCUT2D eigenvalue weighted by atomic mass is 10.2. The van der Waals surface area contributed by atoms with Gasteiger partial charge in [0.25, 0.3) is 0 Å². The van der Waals surface area contributed by atoms with Crippen LogP contribution in [0, 0.1) is 0 Å². The van der Waals surface area contributed by atoms with Crippen molar-refractivity contribution in [3.05, 3.63) is 29.8 Å². The standard InChI is InChI=1S/C20H32N4O2/c1-4-6-12-26-18-9-7-8-16(13-18)14-22-20(21-3)23-17-10-11-24(15-17)19(25)5-2/h7-9,13,17H,4-6,10-12,14-15H2,1-3H3,(H2,21,22,23). The number of carbonyl (C=O) groups excluding carboxylic acids is 1. The summed E-state index contributed by atoms with van der Waals surface area (Å²) in [5.41, 5.74) is 1.15. The molecule has 1 heterocycles. The lowest BCUT2D eigenvalue weighted by Gasteiger charge is -2.19. The first-order valence-corrected chi connectivity index (χ1v) is 9.63. The summed E-state index contributed by atoms with van der Waals surface area (Å²) in [7, 11) is 1.77. The summed E-state index contributed by atoms with van der Waals surface area (Å²) in [4.78, 5) is 18.0. The number of ether oxygens (including phenoxy) is 1. The minimum Gasteiger partial charge on any atom is -0.494 e. The van der Waals surface area contributed by atoms with E-state index in [0.29, 0.717) is 13.0 Å². The highest BCUT2D eigenvalue weighted by Gasteiger charge is 2.25. The largest absolute Gasteiger partial charge is 0.494 e. The lowest BCUT2D eigenvalue weighted by molar-refractivity contribution is -0.129. The topological polar surface area (TPSA) is 66.0 Å². The number of hydrogen-bond donors (Lipinski definition) is 2. The molecule has 1 aliphatic heterocycles. The summed E-state index contributed by atoms with van der Waals surface area (Å²) in [5, 5.41) is 6.76. The number of carbonyl (C=O) groups is 1. The Balaban J connectivity index is 1.80. The minimum absolute atomic E-state index is 0.220. The fourth-order valence-electron chi connectivity index (χ4n) is 2.98. The maximum atomic E-state index is 11.8. The fraction of sp³-hybridized carbons (Fsp3) is 0.600. The molecule has 144 valence electrons. The maximum Gasteiger partial charge on any atom is 0.222 e. The second-order valence-corrected chi connectivity index (χ2v) is 6.60. The summed E-state index contributed by atoms with van der Waals surface area (Å²) in [5.74, 6) is 1.89. The molecule has 1 aromatic rings. The van der Waals surface area contributed by atoms with Gasteiger partial charge < -0.3 is 20.3 Å². The van der Waals surface area contributed by atoms with Crippen LogP contribution in [0.3, 0.4) is 0 Å². The molecular weight excluding hydrogens is 328 g/mol. The van der Waals surface area contributed by atoms with Gasteiger partial charge in [-0.1, -0.05) is 32.4 Å². The highest BCUT2D eigenvalue weighted by molar-refractivity contribution is 5.80. The van der Waals surface area contributed by atoms with E-state index < -0.39 is 0 Å². The van der Waals surface area contributed by atoms with Gasteiger partial charge in [-0.3, -0.25) is 9.79 Å². The second-order valence-electron chi connectivity index (χ2n) is 6.60. The van der Waals surface area contributed by atoms with Crippen LogP contribution in [0.4, 0.5) is 0 Å². The molecule has 1 aromatic carbocycles. The Morgan fingerprint density at radius 1 is 1.38 bits per heavy atom. The molecule has 0 radical (unpaired) electrons. The van der Waals surface area contributed by atoms with Crippen LogP contribution in [0.1, 0.15) is 45.1 Å². The van der Waals surface area contributed by atoms with Gasteiger partial charge in [0.15, 0.2) is 5.96 Å². The first kappa shape index (κ1) is 20.1. The Hall–Kier alpha value is -2.24. The van der Waals surface area contributed by atoms with Crippen LogP contribution in [-0.4, -0.2) is 49.6 Å². The molecule has 1 aliphatic rings. The number of hydrogen-bond acceptors (Lipinski definition) is 3. The van der Waals surface area contributed by atoms with Crippen molar-refractivity contribution in [2.24, 2.45) is 4.99 Å². The SMILES string of the molecule is CCCCOc1cccc(CNC(=NC)NC2CCN(C(=O)CC)C2)c1. The molecule has 0 saturated carbocycles. The lowest BCUT2D eigenvalue weighted by Crippen LogP contribution is -2.44. The van der Waals surface area contributed by atoms with Gasteiger partial charge in [-0.2, -0.15) is 0 Å². The van der Waals surface area contributed by atoms with Crippen LogP contribution >= 0.6 is 0 Å². The molecule has 0 aromatic heterocycles. The zero-order valence-corrected chi connectivity index (χ0v) is 16.3. The molecule has 0 aliphatic carbocycles. The van der Waals surface area contributed by atoms with Gasteiger partial charge in [-0.15, -0.1) is 0 Å². The predicted molar refractivity (Wildman–Crippen MR) is 105 cm³/mol. The van der Waals surface area contributed by atoms with Crippen molar-refractivity contribution in [3.63, 3.8) is 0 Å². The van der Waals surface area contributed by atoms with Gasteiger partial charge in [-0.05, 0) is 30.5 Å². The fourth-order valence-corrected chi connectivity index (χ4v) is 2.98. The number of rotatable bonds is 8. The zero-order valence-electron chi connectivity index (χ0n) is 16.3. The molecule has 6 nitrogen and oxygen atoms in total. The third kappa shape index (κ3) is 6.24. The van der Waals surface area contributed by atoms with Crippen LogP contribution in [0.2, 0.25) is 0 Å². The van der Waals surface area contributed by atoms with Gasteiger partial charge in [0.2, 0.25) is 5.91 Å². The van der Waals surface area contributed by atoms with Gasteiger partial charge >= 0.3 is 0 Å². The Kier molecular flexibility index (Phi) is 8.25. The van der Waals surface area contributed by atoms with E-state index in [-0.39, 0.29) is 11.9 Å². The van der Waals surface area contributed by atoms with Crippen molar-refractivity contribution in [3.8, 4) is 5.75 Å². The normalized spacial score (nSPS) is 17.3. The molecule has 6 heteroatoms. The van der Waals surface area contributed by atoms with Crippen LogP contribution in [0.5, 0.6) is 5.75 Å². The summed E-state index contributed by atoms with van der Waals surface area (Å²) in [6, 6.07) is 8.39. The number of amides is 1. The van der Waals surface area contributed by atoms with Gasteiger partial charge in [-0.25, -0.2) is 0 Å². The summed E-state index contributed by atoms with van der Waals surface area (Å²) in [6.07, 6.45) is 3.72. The third-order valence-corrected chi connectivity index (χ3v) is 4.53. The highest BCUT2D eigenvalue weighted by Crippen LogP contribution is 2.14. The van der Waals surface area contributed by atoms with E-state index in [1.54, 1.807) is 7.05 Å². The number of aliphatic imine (C=N–C) groups is 1. The second kappa shape index (κ2) is 10.7.